The van der Waals surface area contributed by atoms with Crippen molar-refractivity contribution in [2.24, 2.45) is 11.1 Å². The van der Waals surface area contributed by atoms with E-state index < -0.39 is 0 Å². The first kappa shape index (κ1) is 14.6. The first-order valence-electron chi connectivity index (χ1n) is 7.81. The topological polar surface area (TPSA) is 46.3 Å². The molecule has 0 aromatic carbocycles. The first-order valence-corrected chi connectivity index (χ1v) is 8.62. The molecule has 3 nitrogen and oxygen atoms in total. The first-order chi connectivity index (χ1) is 10.2. The van der Waals surface area contributed by atoms with Crippen LogP contribution in [0.15, 0.2) is 12.1 Å². The van der Waals surface area contributed by atoms with E-state index in [0.717, 1.165) is 22.8 Å². The Labute approximate surface area is 130 Å². The molecular weight excluding hydrogens is 280 g/mol. The van der Waals surface area contributed by atoms with Crippen molar-refractivity contribution >= 4 is 17.2 Å². The van der Waals surface area contributed by atoms with Gasteiger partial charge in [-0.1, -0.05) is 24.7 Å². The summed E-state index contributed by atoms with van der Waals surface area (Å²) in [6.45, 7) is 2.19. The van der Waals surface area contributed by atoms with E-state index in [9.17, 15) is 4.79 Å². The lowest BCUT2D eigenvalue weighted by molar-refractivity contribution is 0.0592. The van der Waals surface area contributed by atoms with Gasteiger partial charge < -0.3 is 10.6 Å². The molecule has 1 spiro atoms. The monoisotopic (exact) mass is 302 g/mol. The average Bonchev–Trinajstić information content (AvgIpc) is 3.15. The standard InChI is InChI=1S/C17H22N2OS/c18-11-3-4-14-5-6-15(21-14)16(20)19-12-9-17(10-13-19)7-1-2-8-17/h5-6H,1-2,7-13,18H2. The normalized spacial score (nSPS) is 20.3. The molecule has 2 N–H and O–H groups in total. The van der Waals surface area contributed by atoms with Gasteiger partial charge in [0.05, 0.1) is 16.3 Å². The number of carbonyl (C=O) groups excluding carboxylic acids is 1. The molecule has 1 aromatic heterocycles. The average molecular weight is 302 g/mol. The Hall–Kier alpha value is -1.31. The van der Waals surface area contributed by atoms with Crippen LogP contribution in [0, 0.1) is 17.3 Å². The summed E-state index contributed by atoms with van der Waals surface area (Å²) in [6, 6.07) is 3.82. The number of rotatable bonds is 1. The highest BCUT2D eigenvalue weighted by molar-refractivity contribution is 7.14. The number of nitrogens with zero attached hydrogens (tertiary/aromatic N) is 1. The highest BCUT2D eigenvalue weighted by Gasteiger charge is 2.38. The van der Waals surface area contributed by atoms with E-state index in [1.165, 1.54) is 49.9 Å². The zero-order chi connectivity index (χ0) is 14.7. The third-order valence-electron chi connectivity index (χ3n) is 4.91. The smallest absolute Gasteiger partial charge is 0.263 e. The van der Waals surface area contributed by atoms with Crippen molar-refractivity contribution in [2.45, 2.75) is 38.5 Å². The van der Waals surface area contributed by atoms with Gasteiger partial charge in [-0.15, -0.1) is 11.3 Å². The zero-order valence-electron chi connectivity index (χ0n) is 12.4. The van der Waals surface area contributed by atoms with Crippen molar-refractivity contribution in [1.29, 1.82) is 0 Å². The van der Waals surface area contributed by atoms with Gasteiger partial charge in [-0.3, -0.25) is 4.79 Å². The van der Waals surface area contributed by atoms with Gasteiger partial charge in [-0.2, -0.15) is 0 Å². The third kappa shape index (κ3) is 3.14. The molecule has 1 aromatic rings. The fraction of sp³-hybridized carbons (Fsp3) is 0.588. The van der Waals surface area contributed by atoms with Crippen LogP contribution in [0.2, 0.25) is 0 Å². The number of thiophene rings is 1. The Morgan fingerprint density at radius 1 is 1.24 bits per heavy atom. The van der Waals surface area contributed by atoms with Crippen LogP contribution < -0.4 is 5.73 Å². The number of nitrogens with two attached hydrogens (primary N) is 1. The second-order valence-corrected chi connectivity index (χ2v) is 7.25. The van der Waals surface area contributed by atoms with Crippen molar-refractivity contribution in [1.82, 2.24) is 4.90 Å². The minimum Gasteiger partial charge on any atom is -0.338 e. The van der Waals surface area contributed by atoms with Crippen molar-refractivity contribution in [3.63, 3.8) is 0 Å². The fourth-order valence-corrected chi connectivity index (χ4v) is 4.47. The Morgan fingerprint density at radius 3 is 2.62 bits per heavy atom. The van der Waals surface area contributed by atoms with E-state index in [1.807, 2.05) is 17.0 Å². The lowest BCUT2D eigenvalue weighted by Gasteiger charge is -2.39. The summed E-state index contributed by atoms with van der Waals surface area (Å²) in [5.41, 5.74) is 5.93. The van der Waals surface area contributed by atoms with Gasteiger partial charge in [0, 0.05) is 13.1 Å². The van der Waals surface area contributed by atoms with Gasteiger partial charge >= 0.3 is 0 Å². The molecule has 1 saturated carbocycles. The summed E-state index contributed by atoms with van der Waals surface area (Å²) in [6.07, 6.45) is 7.86. The van der Waals surface area contributed by atoms with E-state index >= 15 is 0 Å². The van der Waals surface area contributed by atoms with Crippen LogP contribution in [-0.4, -0.2) is 30.4 Å². The summed E-state index contributed by atoms with van der Waals surface area (Å²) in [5.74, 6) is 6.00. The van der Waals surface area contributed by atoms with Crippen molar-refractivity contribution in [2.75, 3.05) is 19.6 Å². The largest absolute Gasteiger partial charge is 0.338 e. The third-order valence-corrected chi connectivity index (χ3v) is 5.89. The van der Waals surface area contributed by atoms with Crippen LogP contribution in [0.3, 0.4) is 0 Å². The van der Waals surface area contributed by atoms with Crippen LogP contribution in [0.25, 0.3) is 0 Å². The highest BCUT2D eigenvalue weighted by Crippen LogP contribution is 2.46. The molecule has 1 aliphatic heterocycles. The molecule has 1 saturated heterocycles. The maximum atomic E-state index is 12.6. The van der Waals surface area contributed by atoms with Gasteiger partial charge in [0.15, 0.2) is 0 Å². The maximum Gasteiger partial charge on any atom is 0.263 e. The minimum absolute atomic E-state index is 0.175. The number of piperidine rings is 1. The number of hydrogen-bond donors (Lipinski definition) is 1. The van der Waals surface area contributed by atoms with Crippen LogP contribution >= 0.6 is 11.3 Å². The summed E-state index contributed by atoms with van der Waals surface area (Å²) >= 11 is 1.48. The van der Waals surface area contributed by atoms with E-state index in [0.29, 0.717) is 12.0 Å². The maximum absolute atomic E-state index is 12.6. The van der Waals surface area contributed by atoms with E-state index in [-0.39, 0.29) is 5.91 Å². The molecule has 0 radical (unpaired) electrons. The number of amides is 1. The minimum atomic E-state index is 0.175. The van der Waals surface area contributed by atoms with Crippen molar-refractivity contribution in [3.8, 4) is 11.8 Å². The van der Waals surface area contributed by atoms with Gasteiger partial charge in [-0.25, -0.2) is 0 Å². The number of hydrogen-bond acceptors (Lipinski definition) is 3. The SMILES string of the molecule is NCC#Cc1ccc(C(=O)N2CCC3(CCCC3)CC2)s1. The second-order valence-electron chi connectivity index (χ2n) is 6.17. The Balaban J connectivity index is 1.62. The van der Waals surface area contributed by atoms with Crippen molar-refractivity contribution in [3.05, 3.63) is 21.9 Å². The molecule has 4 heteroatoms. The van der Waals surface area contributed by atoms with E-state index in [1.54, 1.807) is 0 Å². The number of carbonyl (C=O) groups is 1. The van der Waals surface area contributed by atoms with Gasteiger partial charge in [0.1, 0.15) is 0 Å². The Kier molecular flexibility index (Phi) is 4.32. The molecule has 21 heavy (non-hydrogen) atoms. The fourth-order valence-electron chi connectivity index (χ4n) is 3.62. The molecule has 1 aliphatic carbocycles. The number of likely N-dealkylation sites (tertiary alicyclic amines) is 1. The summed E-state index contributed by atoms with van der Waals surface area (Å²) in [5, 5.41) is 0. The van der Waals surface area contributed by atoms with Gasteiger partial charge in [-0.05, 0) is 43.2 Å². The molecular formula is C17H22N2OS. The summed E-state index contributed by atoms with van der Waals surface area (Å²) in [7, 11) is 0. The van der Waals surface area contributed by atoms with Crippen LogP contribution in [0.5, 0.6) is 0 Å². The van der Waals surface area contributed by atoms with E-state index in [2.05, 4.69) is 11.8 Å². The molecule has 1 amide bonds. The summed E-state index contributed by atoms with van der Waals surface area (Å²) in [4.78, 5) is 16.3. The van der Waals surface area contributed by atoms with E-state index in [4.69, 9.17) is 5.73 Å². The molecule has 2 heterocycles. The predicted molar refractivity (Wildman–Crippen MR) is 86.3 cm³/mol. The Bertz CT molecular complexity index is 565. The molecule has 2 fully saturated rings. The Morgan fingerprint density at radius 2 is 1.95 bits per heavy atom. The van der Waals surface area contributed by atoms with Crippen LogP contribution in [0.1, 0.15) is 53.1 Å². The zero-order valence-corrected chi connectivity index (χ0v) is 13.2. The van der Waals surface area contributed by atoms with Gasteiger partial charge in [0.2, 0.25) is 0 Å². The quantitative estimate of drug-likeness (QED) is 0.811. The second kappa shape index (κ2) is 6.21. The van der Waals surface area contributed by atoms with Crippen LogP contribution in [-0.2, 0) is 0 Å². The van der Waals surface area contributed by atoms with Crippen molar-refractivity contribution < 1.29 is 4.79 Å². The lowest BCUT2D eigenvalue weighted by atomic mass is 9.77. The predicted octanol–water partition coefficient (Wildman–Crippen LogP) is 2.85. The van der Waals surface area contributed by atoms with Gasteiger partial charge in [0.25, 0.3) is 5.91 Å². The molecule has 0 atom stereocenters. The molecule has 0 bridgehead atoms. The molecule has 3 rings (SSSR count). The summed E-state index contributed by atoms with van der Waals surface area (Å²) < 4.78 is 0. The van der Waals surface area contributed by atoms with Crippen LogP contribution in [0.4, 0.5) is 0 Å². The lowest BCUT2D eigenvalue weighted by Crippen LogP contribution is -2.42. The molecule has 0 unspecified atom stereocenters. The molecule has 2 aliphatic rings. The highest BCUT2D eigenvalue weighted by atomic mass is 32.1. The molecule has 112 valence electrons.